The van der Waals surface area contributed by atoms with Gasteiger partial charge in [-0.3, -0.25) is 9.36 Å². The molecule has 2 aliphatic rings. The largest absolute Gasteiger partial charge is 0.454 e. The van der Waals surface area contributed by atoms with Crippen LogP contribution in [0.5, 0.6) is 11.5 Å². The highest BCUT2D eigenvalue weighted by atomic mass is 32.2. The van der Waals surface area contributed by atoms with Gasteiger partial charge in [-0.2, -0.15) is 0 Å². The second-order valence-electron chi connectivity index (χ2n) is 6.69. The van der Waals surface area contributed by atoms with Crippen molar-refractivity contribution in [2.75, 3.05) is 17.9 Å². The minimum absolute atomic E-state index is 0.112. The Bertz CT molecular complexity index is 1020. The summed E-state index contributed by atoms with van der Waals surface area (Å²) in [4.78, 5) is 12.4. The van der Waals surface area contributed by atoms with Gasteiger partial charge in [-0.25, -0.2) is 0 Å². The number of hydrogen-bond acceptors (Lipinski definition) is 6. The van der Waals surface area contributed by atoms with E-state index in [4.69, 9.17) is 9.47 Å². The zero-order valence-corrected chi connectivity index (χ0v) is 15.8. The molecule has 142 valence electrons. The lowest BCUT2D eigenvalue weighted by molar-refractivity contribution is -0.113. The van der Waals surface area contributed by atoms with Crippen LogP contribution in [-0.2, 0) is 4.79 Å². The van der Waals surface area contributed by atoms with Crippen LogP contribution in [0.25, 0.3) is 5.69 Å². The summed E-state index contributed by atoms with van der Waals surface area (Å²) < 4.78 is 12.7. The molecule has 0 spiro atoms. The maximum absolute atomic E-state index is 12.4. The molecule has 0 atom stereocenters. The Labute approximate surface area is 166 Å². The van der Waals surface area contributed by atoms with Gasteiger partial charge in [0.2, 0.25) is 12.7 Å². The van der Waals surface area contributed by atoms with E-state index in [9.17, 15) is 4.79 Å². The summed E-state index contributed by atoms with van der Waals surface area (Å²) in [6.45, 7) is 0.209. The highest BCUT2D eigenvalue weighted by molar-refractivity contribution is 7.99. The fourth-order valence-corrected chi connectivity index (χ4v) is 3.86. The molecule has 1 amide bonds. The molecule has 1 aromatic heterocycles. The van der Waals surface area contributed by atoms with E-state index >= 15 is 0 Å². The molecule has 1 aliphatic heterocycles. The van der Waals surface area contributed by atoms with Crippen LogP contribution in [0.2, 0.25) is 0 Å². The molecule has 1 fully saturated rings. The molecular weight excluding hydrogens is 376 g/mol. The van der Waals surface area contributed by atoms with Crippen LogP contribution in [0.4, 0.5) is 5.69 Å². The lowest BCUT2D eigenvalue weighted by Crippen LogP contribution is -2.14. The number of carbonyl (C=O) groups excluding carboxylic acids is 1. The van der Waals surface area contributed by atoms with Gasteiger partial charge < -0.3 is 14.8 Å². The fourth-order valence-electron chi connectivity index (χ4n) is 3.10. The van der Waals surface area contributed by atoms with Crippen molar-refractivity contribution >= 4 is 23.4 Å². The molecule has 2 heterocycles. The predicted octanol–water partition coefficient (Wildman–Crippen LogP) is 3.60. The SMILES string of the molecule is O=C(CSc1nnc(C2CC2)n1-c1ccccc1)Nc1ccc2c(c1)OCO2. The van der Waals surface area contributed by atoms with Gasteiger partial charge in [0.15, 0.2) is 16.7 Å². The average Bonchev–Trinajstić information content (AvgIpc) is 3.30. The molecule has 0 bridgehead atoms. The molecule has 1 saturated carbocycles. The van der Waals surface area contributed by atoms with E-state index in [1.807, 2.05) is 30.3 Å². The third-order valence-electron chi connectivity index (χ3n) is 4.60. The van der Waals surface area contributed by atoms with Crippen LogP contribution in [0.3, 0.4) is 0 Å². The Morgan fingerprint density at radius 1 is 1.11 bits per heavy atom. The summed E-state index contributed by atoms with van der Waals surface area (Å²) in [6.07, 6.45) is 2.28. The minimum atomic E-state index is -0.112. The maximum Gasteiger partial charge on any atom is 0.234 e. The van der Waals surface area contributed by atoms with E-state index in [1.54, 1.807) is 18.2 Å². The first-order chi connectivity index (χ1) is 13.8. The number of fused-ring (bicyclic) bond motifs is 1. The smallest absolute Gasteiger partial charge is 0.234 e. The van der Waals surface area contributed by atoms with Gasteiger partial charge in [0.05, 0.1) is 5.75 Å². The number of nitrogens with one attached hydrogen (secondary N) is 1. The normalized spacial score (nSPS) is 14.9. The Hall–Kier alpha value is -3.00. The molecular formula is C20H18N4O3S. The summed E-state index contributed by atoms with van der Waals surface area (Å²) >= 11 is 1.38. The number of ether oxygens (including phenoxy) is 2. The van der Waals surface area contributed by atoms with Crippen molar-refractivity contribution in [3.05, 3.63) is 54.4 Å². The molecule has 3 aromatic rings. The van der Waals surface area contributed by atoms with Crippen LogP contribution < -0.4 is 14.8 Å². The number of aromatic nitrogens is 3. The van der Waals surface area contributed by atoms with Crippen molar-refractivity contribution in [1.82, 2.24) is 14.8 Å². The second kappa shape index (κ2) is 7.20. The average molecular weight is 394 g/mol. The number of amides is 1. The fraction of sp³-hybridized carbons (Fsp3) is 0.250. The maximum atomic E-state index is 12.4. The second-order valence-corrected chi connectivity index (χ2v) is 7.63. The molecule has 2 aromatic carbocycles. The van der Waals surface area contributed by atoms with E-state index in [0.717, 1.165) is 29.5 Å². The van der Waals surface area contributed by atoms with Crippen molar-refractivity contribution < 1.29 is 14.3 Å². The Balaban J connectivity index is 1.29. The Morgan fingerprint density at radius 3 is 2.75 bits per heavy atom. The first kappa shape index (κ1) is 17.1. The number of benzene rings is 2. The van der Waals surface area contributed by atoms with Gasteiger partial charge in [-0.05, 0) is 37.1 Å². The number of thioether (sulfide) groups is 1. The highest BCUT2D eigenvalue weighted by Gasteiger charge is 2.31. The van der Waals surface area contributed by atoms with E-state index < -0.39 is 0 Å². The molecule has 28 heavy (non-hydrogen) atoms. The molecule has 0 saturated heterocycles. The zero-order valence-electron chi connectivity index (χ0n) is 15.0. The van der Waals surface area contributed by atoms with Crippen LogP contribution >= 0.6 is 11.8 Å². The molecule has 5 rings (SSSR count). The predicted molar refractivity (Wildman–Crippen MR) is 105 cm³/mol. The lowest BCUT2D eigenvalue weighted by Gasteiger charge is -2.10. The van der Waals surface area contributed by atoms with Gasteiger partial charge in [-0.1, -0.05) is 30.0 Å². The number of para-hydroxylation sites is 1. The van der Waals surface area contributed by atoms with Gasteiger partial charge in [-0.15, -0.1) is 10.2 Å². The third kappa shape index (κ3) is 3.43. The number of anilines is 1. The van der Waals surface area contributed by atoms with Crippen molar-refractivity contribution in [1.29, 1.82) is 0 Å². The third-order valence-corrected chi connectivity index (χ3v) is 5.53. The first-order valence-corrected chi connectivity index (χ1v) is 10.1. The van der Waals surface area contributed by atoms with Gasteiger partial charge >= 0.3 is 0 Å². The summed E-state index contributed by atoms with van der Waals surface area (Å²) in [7, 11) is 0. The van der Waals surface area contributed by atoms with E-state index in [1.165, 1.54) is 11.8 Å². The lowest BCUT2D eigenvalue weighted by atomic mass is 10.3. The van der Waals surface area contributed by atoms with E-state index in [2.05, 4.69) is 20.1 Å². The van der Waals surface area contributed by atoms with Gasteiger partial charge in [0, 0.05) is 23.4 Å². The van der Waals surface area contributed by atoms with Crippen molar-refractivity contribution in [3.8, 4) is 17.2 Å². The van der Waals surface area contributed by atoms with E-state index in [0.29, 0.717) is 23.1 Å². The number of rotatable bonds is 6. The molecule has 0 radical (unpaired) electrons. The number of carbonyl (C=O) groups is 1. The molecule has 7 nitrogen and oxygen atoms in total. The van der Waals surface area contributed by atoms with E-state index in [-0.39, 0.29) is 18.5 Å². The summed E-state index contributed by atoms with van der Waals surface area (Å²) in [6, 6.07) is 15.4. The number of hydrogen-bond donors (Lipinski definition) is 1. The van der Waals surface area contributed by atoms with Gasteiger partial charge in [0.1, 0.15) is 5.82 Å². The standard InChI is InChI=1S/C20H18N4O3S/c25-18(21-14-8-9-16-17(10-14)27-12-26-16)11-28-20-23-22-19(13-6-7-13)24(20)15-4-2-1-3-5-15/h1-5,8-10,13H,6-7,11-12H2,(H,21,25). The molecule has 1 N–H and O–H groups in total. The summed E-state index contributed by atoms with van der Waals surface area (Å²) in [5, 5.41) is 12.3. The Morgan fingerprint density at radius 2 is 1.93 bits per heavy atom. The first-order valence-electron chi connectivity index (χ1n) is 9.11. The zero-order chi connectivity index (χ0) is 18.9. The van der Waals surface area contributed by atoms with Crippen molar-refractivity contribution in [2.45, 2.75) is 23.9 Å². The number of nitrogens with zero attached hydrogens (tertiary/aromatic N) is 3. The quantitative estimate of drug-likeness (QED) is 0.644. The molecule has 0 unspecified atom stereocenters. The molecule has 1 aliphatic carbocycles. The van der Waals surface area contributed by atoms with Gasteiger partial charge in [0.25, 0.3) is 0 Å². The van der Waals surface area contributed by atoms with Crippen molar-refractivity contribution in [3.63, 3.8) is 0 Å². The summed E-state index contributed by atoms with van der Waals surface area (Å²) in [5.41, 5.74) is 1.70. The molecule has 8 heteroatoms. The minimum Gasteiger partial charge on any atom is -0.454 e. The topological polar surface area (TPSA) is 78.3 Å². The Kier molecular flexibility index (Phi) is 4.40. The van der Waals surface area contributed by atoms with Crippen LogP contribution in [0.1, 0.15) is 24.6 Å². The highest BCUT2D eigenvalue weighted by Crippen LogP contribution is 2.41. The van der Waals surface area contributed by atoms with Crippen LogP contribution in [-0.4, -0.2) is 33.2 Å². The van der Waals surface area contributed by atoms with Crippen LogP contribution in [0.15, 0.2) is 53.7 Å². The van der Waals surface area contributed by atoms with Crippen molar-refractivity contribution in [2.24, 2.45) is 0 Å². The monoisotopic (exact) mass is 394 g/mol. The van der Waals surface area contributed by atoms with Crippen LogP contribution in [0, 0.1) is 0 Å². The summed E-state index contributed by atoms with van der Waals surface area (Å²) in [5.74, 6) is 2.90.